The van der Waals surface area contributed by atoms with Crippen LogP contribution in [0.4, 0.5) is 5.82 Å². The lowest BCUT2D eigenvalue weighted by atomic mass is 10.0. The highest BCUT2D eigenvalue weighted by molar-refractivity contribution is 5.54. The molecule has 0 aliphatic carbocycles. The summed E-state index contributed by atoms with van der Waals surface area (Å²) in [6.07, 6.45) is 1.72. The van der Waals surface area contributed by atoms with Gasteiger partial charge < -0.3 is 15.3 Å². The first-order valence-corrected chi connectivity index (χ1v) is 6.90. The second-order valence-electron chi connectivity index (χ2n) is 5.03. The number of phenols is 1. The van der Waals surface area contributed by atoms with Crippen molar-refractivity contribution in [1.82, 2.24) is 10.3 Å². The normalized spacial score (nSPS) is 18.2. The molecule has 0 bridgehead atoms. The molecule has 1 atom stereocenters. The summed E-state index contributed by atoms with van der Waals surface area (Å²) in [4.78, 5) is 6.48. The SMILES string of the molecule is N#Cc1cccnc1N1CCNC(c2ccc(O)cc2)C1. The van der Waals surface area contributed by atoms with Crippen LogP contribution in [0.15, 0.2) is 42.6 Å². The van der Waals surface area contributed by atoms with Gasteiger partial charge in [-0.1, -0.05) is 12.1 Å². The summed E-state index contributed by atoms with van der Waals surface area (Å²) in [7, 11) is 0. The van der Waals surface area contributed by atoms with Crippen molar-refractivity contribution >= 4 is 5.82 Å². The van der Waals surface area contributed by atoms with E-state index in [0.717, 1.165) is 31.0 Å². The molecular weight excluding hydrogens is 264 g/mol. The Bertz CT molecular complexity index is 663. The smallest absolute Gasteiger partial charge is 0.146 e. The summed E-state index contributed by atoms with van der Waals surface area (Å²) in [5.74, 6) is 1.01. The number of pyridine rings is 1. The quantitative estimate of drug-likeness (QED) is 0.877. The van der Waals surface area contributed by atoms with Crippen LogP contribution in [0.25, 0.3) is 0 Å². The largest absolute Gasteiger partial charge is 0.508 e. The molecule has 1 aliphatic rings. The van der Waals surface area contributed by atoms with Gasteiger partial charge in [-0.25, -0.2) is 4.98 Å². The standard InChI is InChI=1S/C16H16N4O/c17-10-13-2-1-7-19-16(13)20-9-8-18-15(11-20)12-3-5-14(21)6-4-12/h1-7,15,18,21H,8-9,11H2. The number of nitrogens with one attached hydrogen (secondary N) is 1. The second-order valence-corrected chi connectivity index (χ2v) is 5.03. The van der Waals surface area contributed by atoms with Crippen LogP contribution in [0.1, 0.15) is 17.2 Å². The van der Waals surface area contributed by atoms with E-state index in [2.05, 4.69) is 21.3 Å². The van der Waals surface area contributed by atoms with Crippen molar-refractivity contribution in [3.63, 3.8) is 0 Å². The summed E-state index contributed by atoms with van der Waals surface area (Å²) in [5, 5.41) is 22.0. The van der Waals surface area contributed by atoms with E-state index in [0.29, 0.717) is 5.56 Å². The average molecular weight is 280 g/mol. The molecule has 0 saturated carbocycles. The van der Waals surface area contributed by atoms with Gasteiger partial charge in [-0.05, 0) is 29.8 Å². The van der Waals surface area contributed by atoms with E-state index < -0.39 is 0 Å². The zero-order chi connectivity index (χ0) is 14.7. The number of nitrogens with zero attached hydrogens (tertiary/aromatic N) is 3. The van der Waals surface area contributed by atoms with Crippen molar-refractivity contribution in [2.45, 2.75) is 6.04 Å². The average Bonchev–Trinajstić information content (AvgIpc) is 2.55. The van der Waals surface area contributed by atoms with Crippen molar-refractivity contribution in [2.24, 2.45) is 0 Å². The zero-order valence-electron chi connectivity index (χ0n) is 11.5. The molecule has 0 radical (unpaired) electrons. The molecule has 2 heterocycles. The van der Waals surface area contributed by atoms with Crippen molar-refractivity contribution in [3.8, 4) is 11.8 Å². The van der Waals surface area contributed by atoms with E-state index in [1.807, 2.05) is 12.1 Å². The predicted molar refractivity (Wildman–Crippen MR) is 80.0 cm³/mol. The molecule has 1 aromatic heterocycles. The van der Waals surface area contributed by atoms with E-state index in [1.54, 1.807) is 30.5 Å². The lowest BCUT2D eigenvalue weighted by Gasteiger charge is -2.35. The highest BCUT2D eigenvalue weighted by atomic mass is 16.3. The van der Waals surface area contributed by atoms with Crippen LogP contribution in [0.5, 0.6) is 5.75 Å². The van der Waals surface area contributed by atoms with Crippen LogP contribution >= 0.6 is 0 Å². The molecule has 0 spiro atoms. The van der Waals surface area contributed by atoms with Gasteiger partial charge in [-0.15, -0.1) is 0 Å². The molecule has 2 aromatic rings. The Kier molecular flexibility index (Phi) is 3.71. The third-order valence-electron chi connectivity index (χ3n) is 3.68. The van der Waals surface area contributed by atoms with Crippen LogP contribution < -0.4 is 10.2 Å². The molecule has 5 nitrogen and oxygen atoms in total. The van der Waals surface area contributed by atoms with E-state index in [1.165, 1.54) is 0 Å². The Morgan fingerprint density at radius 1 is 1.29 bits per heavy atom. The molecule has 106 valence electrons. The third kappa shape index (κ3) is 2.81. The summed E-state index contributed by atoms with van der Waals surface area (Å²) >= 11 is 0. The van der Waals surface area contributed by atoms with E-state index >= 15 is 0 Å². The number of aromatic hydroxyl groups is 1. The van der Waals surface area contributed by atoms with Gasteiger partial charge in [0, 0.05) is 31.9 Å². The maximum atomic E-state index is 9.38. The molecule has 1 fully saturated rings. The van der Waals surface area contributed by atoms with Gasteiger partial charge in [0.15, 0.2) is 0 Å². The lowest BCUT2D eigenvalue weighted by Crippen LogP contribution is -2.46. The number of piperazine rings is 1. The van der Waals surface area contributed by atoms with Gasteiger partial charge in [-0.2, -0.15) is 5.26 Å². The number of phenolic OH excluding ortho intramolecular Hbond substituents is 1. The summed E-state index contributed by atoms with van der Waals surface area (Å²) in [6.45, 7) is 2.39. The number of rotatable bonds is 2. The molecule has 21 heavy (non-hydrogen) atoms. The molecule has 1 saturated heterocycles. The number of anilines is 1. The fourth-order valence-electron chi connectivity index (χ4n) is 2.61. The van der Waals surface area contributed by atoms with Gasteiger partial charge in [0.1, 0.15) is 17.6 Å². The molecule has 2 N–H and O–H groups in total. The van der Waals surface area contributed by atoms with Gasteiger partial charge in [0.25, 0.3) is 0 Å². The zero-order valence-corrected chi connectivity index (χ0v) is 11.5. The monoisotopic (exact) mass is 280 g/mol. The highest BCUT2D eigenvalue weighted by Crippen LogP contribution is 2.24. The van der Waals surface area contributed by atoms with Gasteiger partial charge in [0.05, 0.1) is 5.56 Å². The third-order valence-corrected chi connectivity index (χ3v) is 3.68. The lowest BCUT2D eigenvalue weighted by molar-refractivity contribution is 0.463. The van der Waals surface area contributed by atoms with Crippen LogP contribution in [0.2, 0.25) is 0 Å². The first-order chi connectivity index (χ1) is 10.3. The Morgan fingerprint density at radius 2 is 2.10 bits per heavy atom. The minimum atomic E-state index is 0.160. The van der Waals surface area contributed by atoms with Crippen molar-refractivity contribution in [2.75, 3.05) is 24.5 Å². The Balaban J connectivity index is 1.83. The maximum Gasteiger partial charge on any atom is 0.146 e. The van der Waals surface area contributed by atoms with Gasteiger partial charge >= 0.3 is 0 Å². The predicted octanol–water partition coefficient (Wildman–Crippen LogP) is 1.81. The van der Waals surface area contributed by atoms with Crippen LogP contribution in [-0.2, 0) is 0 Å². The van der Waals surface area contributed by atoms with Crippen molar-refractivity contribution < 1.29 is 5.11 Å². The number of nitriles is 1. The van der Waals surface area contributed by atoms with E-state index in [-0.39, 0.29) is 11.8 Å². The molecule has 3 rings (SSSR count). The van der Waals surface area contributed by atoms with Crippen LogP contribution in [-0.4, -0.2) is 29.7 Å². The highest BCUT2D eigenvalue weighted by Gasteiger charge is 2.23. The summed E-state index contributed by atoms with van der Waals surface area (Å²) < 4.78 is 0. The molecule has 1 aliphatic heterocycles. The number of hydrogen-bond donors (Lipinski definition) is 2. The van der Waals surface area contributed by atoms with Crippen LogP contribution in [0.3, 0.4) is 0 Å². The minimum absolute atomic E-state index is 0.160. The first kappa shape index (κ1) is 13.4. The summed E-state index contributed by atoms with van der Waals surface area (Å²) in [6, 6.07) is 13.1. The fourth-order valence-corrected chi connectivity index (χ4v) is 2.61. The fraction of sp³-hybridized carbons (Fsp3) is 0.250. The molecular formula is C16H16N4O. The molecule has 0 amide bonds. The summed E-state index contributed by atoms with van der Waals surface area (Å²) in [5.41, 5.74) is 1.72. The minimum Gasteiger partial charge on any atom is -0.508 e. The molecule has 5 heteroatoms. The molecule has 1 unspecified atom stereocenters. The number of hydrogen-bond acceptors (Lipinski definition) is 5. The van der Waals surface area contributed by atoms with Gasteiger partial charge in [0.2, 0.25) is 0 Å². The Hall–Kier alpha value is -2.58. The van der Waals surface area contributed by atoms with Crippen LogP contribution in [0, 0.1) is 11.3 Å². The van der Waals surface area contributed by atoms with Gasteiger partial charge in [-0.3, -0.25) is 0 Å². The van der Waals surface area contributed by atoms with E-state index in [4.69, 9.17) is 0 Å². The Morgan fingerprint density at radius 3 is 2.86 bits per heavy atom. The number of aromatic nitrogens is 1. The molecule has 1 aromatic carbocycles. The topological polar surface area (TPSA) is 72.2 Å². The van der Waals surface area contributed by atoms with E-state index in [9.17, 15) is 10.4 Å². The number of benzene rings is 1. The van der Waals surface area contributed by atoms with Crippen molar-refractivity contribution in [3.05, 3.63) is 53.7 Å². The Labute approximate surface area is 123 Å². The maximum absolute atomic E-state index is 9.38. The van der Waals surface area contributed by atoms with Crippen molar-refractivity contribution in [1.29, 1.82) is 5.26 Å². The first-order valence-electron chi connectivity index (χ1n) is 6.90. The second kappa shape index (κ2) is 5.81.